The number of rotatable bonds is 9. The predicted molar refractivity (Wildman–Crippen MR) is 101 cm³/mol. The minimum atomic E-state index is -0.417. The molecule has 0 aromatic carbocycles. The van der Waals surface area contributed by atoms with Crippen LogP contribution in [0, 0.1) is 0 Å². The van der Waals surface area contributed by atoms with Crippen LogP contribution in [0.5, 0.6) is 0 Å². The molecule has 152 valence electrons. The number of aliphatic hydroxyl groups is 1. The number of β-amino-alcohol motifs (C(OH)–C–C–N with tert-alkyl or cyclic N) is 1. The van der Waals surface area contributed by atoms with Gasteiger partial charge in [0.25, 0.3) is 0 Å². The highest BCUT2D eigenvalue weighted by molar-refractivity contribution is 4.88. The molecule has 0 aromatic rings. The fraction of sp³-hybridized carbons (Fsp3) is 1.00. The third-order valence-corrected chi connectivity index (χ3v) is 5.85. The van der Waals surface area contributed by atoms with Gasteiger partial charge in [0.15, 0.2) is 0 Å². The predicted octanol–water partition coefficient (Wildman–Crippen LogP) is -0.993. The number of likely N-dealkylation sites (tertiary alicyclic amines) is 1. The van der Waals surface area contributed by atoms with E-state index < -0.39 is 6.10 Å². The Morgan fingerprint density at radius 2 is 2.08 bits per heavy atom. The lowest BCUT2D eigenvalue weighted by Crippen LogP contribution is -2.66. The Hall–Kier alpha value is -0.320. The van der Waals surface area contributed by atoms with Crippen LogP contribution in [0.1, 0.15) is 32.1 Å². The lowest BCUT2D eigenvalue weighted by Gasteiger charge is -2.40. The molecule has 26 heavy (non-hydrogen) atoms. The van der Waals surface area contributed by atoms with E-state index in [9.17, 15) is 5.11 Å². The number of nitrogens with one attached hydrogen (secondary N) is 4. The second-order valence-electron chi connectivity index (χ2n) is 7.81. The van der Waals surface area contributed by atoms with E-state index in [2.05, 4.69) is 26.2 Å². The van der Waals surface area contributed by atoms with E-state index in [0.29, 0.717) is 25.4 Å². The van der Waals surface area contributed by atoms with Gasteiger partial charge in [0.2, 0.25) is 0 Å². The molecule has 2 heterocycles. The van der Waals surface area contributed by atoms with Crippen LogP contribution in [-0.2, 0) is 9.47 Å². The zero-order valence-electron chi connectivity index (χ0n) is 16.2. The van der Waals surface area contributed by atoms with E-state index in [0.717, 1.165) is 45.3 Å². The summed E-state index contributed by atoms with van der Waals surface area (Å²) in [6, 6.07) is 0.375. The Morgan fingerprint density at radius 3 is 2.77 bits per heavy atom. The molecule has 0 aromatic heterocycles. The van der Waals surface area contributed by atoms with Crippen molar-refractivity contribution >= 4 is 0 Å². The maximum absolute atomic E-state index is 10.2. The number of ether oxygens (including phenoxy) is 2. The number of aliphatic hydroxyl groups excluding tert-OH is 1. The fourth-order valence-corrected chi connectivity index (χ4v) is 4.13. The van der Waals surface area contributed by atoms with E-state index in [-0.39, 0.29) is 18.5 Å². The van der Waals surface area contributed by atoms with Crippen molar-refractivity contribution < 1.29 is 14.6 Å². The van der Waals surface area contributed by atoms with E-state index in [4.69, 9.17) is 9.47 Å². The maximum Gasteiger partial charge on any atom is 0.113 e. The standard InChI is InChI=1S/C18H37N5O3/c1-19-17-6-7-20-18(22-17)21-13-4-5-15(25-2)16(10-13)26-12-14(24)11-23-8-3-9-23/h13-22,24H,3-12H2,1-2H3/t13?,14-,15?,16?,17?,18?/m1/s1. The second kappa shape index (κ2) is 10.3. The molecule has 6 atom stereocenters. The summed E-state index contributed by atoms with van der Waals surface area (Å²) >= 11 is 0. The van der Waals surface area contributed by atoms with Crippen molar-refractivity contribution in [3.8, 4) is 0 Å². The van der Waals surface area contributed by atoms with Crippen molar-refractivity contribution in [1.29, 1.82) is 0 Å². The van der Waals surface area contributed by atoms with Crippen molar-refractivity contribution in [1.82, 2.24) is 26.2 Å². The Morgan fingerprint density at radius 1 is 1.23 bits per heavy atom. The number of hydrogen-bond acceptors (Lipinski definition) is 8. The molecular weight excluding hydrogens is 334 g/mol. The highest BCUT2D eigenvalue weighted by Crippen LogP contribution is 2.24. The lowest BCUT2D eigenvalue weighted by atomic mass is 9.90. The van der Waals surface area contributed by atoms with Crippen LogP contribution >= 0.6 is 0 Å². The van der Waals surface area contributed by atoms with Crippen molar-refractivity contribution in [2.75, 3.05) is 46.9 Å². The fourth-order valence-electron chi connectivity index (χ4n) is 4.13. The van der Waals surface area contributed by atoms with Crippen LogP contribution in [0.3, 0.4) is 0 Å². The molecule has 3 rings (SSSR count). The second-order valence-corrected chi connectivity index (χ2v) is 7.81. The molecule has 8 nitrogen and oxygen atoms in total. The Labute approximate surface area is 157 Å². The average molecular weight is 372 g/mol. The largest absolute Gasteiger partial charge is 0.389 e. The van der Waals surface area contributed by atoms with E-state index in [1.54, 1.807) is 7.11 Å². The van der Waals surface area contributed by atoms with Gasteiger partial charge in [0, 0.05) is 26.2 Å². The molecule has 0 amide bonds. The Balaban J connectivity index is 1.43. The van der Waals surface area contributed by atoms with Gasteiger partial charge in [-0.2, -0.15) is 0 Å². The summed E-state index contributed by atoms with van der Waals surface area (Å²) in [6.07, 6.45) is 5.44. The molecule has 5 unspecified atom stereocenters. The molecule has 0 spiro atoms. The topological polar surface area (TPSA) is 90.0 Å². The minimum absolute atomic E-state index is 0.0287. The first kappa shape index (κ1) is 20.4. The summed E-state index contributed by atoms with van der Waals surface area (Å²) in [5.41, 5.74) is 0. The molecule has 5 N–H and O–H groups in total. The van der Waals surface area contributed by atoms with Gasteiger partial charge >= 0.3 is 0 Å². The van der Waals surface area contributed by atoms with Crippen LogP contribution in [0.2, 0.25) is 0 Å². The summed E-state index contributed by atoms with van der Waals surface area (Å²) in [7, 11) is 3.74. The van der Waals surface area contributed by atoms with Crippen LogP contribution in [0.4, 0.5) is 0 Å². The normalized spacial score (nSPS) is 37.3. The summed E-state index contributed by atoms with van der Waals surface area (Å²) in [5.74, 6) is 0. The molecule has 1 saturated carbocycles. The Bertz CT molecular complexity index is 412. The van der Waals surface area contributed by atoms with Crippen molar-refractivity contribution in [2.24, 2.45) is 0 Å². The van der Waals surface area contributed by atoms with Gasteiger partial charge in [-0.05, 0) is 52.2 Å². The summed E-state index contributed by atoms with van der Waals surface area (Å²) < 4.78 is 11.7. The first-order valence-corrected chi connectivity index (χ1v) is 10.2. The lowest BCUT2D eigenvalue weighted by molar-refractivity contribution is -0.106. The molecule has 8 heteroatoms. The zero-order valence-corrected chi connectivity index (χ0v) is 16.2. The van der Waals surface area contributed by atoms with E-state index in [1.807, 2.05) is 7.05 Å². The van der Waals surface area contributed by atoms with E-state index in [1.165, 1.54) is 6.42 Å². The number of nitrogens with zero attached hydrogens (tertiary/aromatic N) is 1. The molecule has 2 aliphatic heterocycles. The quantitative estimate of drug-likeness (QED) is 0.353. The van der Waals surface area contributed by atoms with Gasteiger partial charge in [-0.1, -0.05) is 0 Å². The third-order valence-electron chi connectivity index (χ3n) is 5.85. The SMILES string of the molecule is CNC1CCNC(NC2CCC(OC)C(OC[C@H](O)CN3CCC3)C2)N1. The third kappa shape index (κ3) is 5.84. The molecule has 1 aliphatic carbocycles. The van der Waals surface area contributed by atoms with Crippen LogP contribution in [0.25, 0.3) is 0 Å². The molecule has 3 fully saturated rings. The van der Waals surface area contributed by atoms with Gasteiger partial charge < -0.3 is 24.8 Å². The van der Waals surface area contributed by atoms with Gasteiger partial charge in [-0.15, -0.1) is 0 Å². The van der Waals surface area contributed by atoms with Gasteiger partial charge in [-0.25, -0.2) is 0 Å². The number of hydrogen-bond donors (Lipinski definition) is 5. The summed E-state index contributed by atoms with van der Waals surface area (Å²) in [4.78, 5) is 2.27. The maximum atomic E-state index is 10.2. The summed E-state index contributed by atoms with van der Waals surface area (Å²) in [5, 5.41) is 24.2. The Kier molecular flexibility index (Phi) is 8.08. The van der Waals surface area contributed by atoms with Crippen LogP contribution < -0.4 is 21.3 Å². The van der Waals surface area contributed by atoms with E-state index >= 15 is 0 Å². The highest BCUT2D eigenvalue weighted by Gasteiger charge is 2.33. The van der Waals surface area contributed by atoms with Gasteiger partial charge in [-0.3, -0.25) is 16.0 Å². The van der Waals surface area contributed by atoms with Crippen molar-refractivity contribution in [2.45, 2.75) is 68.9 Å². The molecule has 2 saturated heterocycles. The van der Waals surface area contributed by atoms with Gasteiger partial charge in [0.05, 0.1) is 31.1 Å². The molecule has 0 bridgehead atoms. The summed E-state index contributed by atoms with van der Waals surface area (Å²) in [6.45, 7) is 4.29. The smallest absolute Gasteiger partial charge is 0.113 e. The van der Waals surface area contributed by atoms with Gasteiger partial charge in [0.1, 0.15) is 6.29 Å². The molecule has 3 aliphatic rings. The first-order valence-electron chi connectivity index (χ1n) is 10.2. The van der Waals surface area contributed by atoms with Crippen LogP contribution in [0.15, 0.2) is 0 Å². The van der Waals surface area contributed by atoms with Crippen LogP contribution in [-0.4, -0.2) is 93.8 Å². The van der Waals surface area contributed by atoms with Crippen molar-refractivity contribution in [3.05, 3.63) is 0 Å². The number of methoxy groups -OCH3 is 1. The minimum Gasteiger partial charge on any atom is -0.389 e. The molecular formula is C18H37N5O3. The molecule has 0 radical (unpaired) electrons. The first-order chi connectivity index (χ1) is 12.7. The monoisotopic (exact) mass is 371 g/mol. The highest BCUT2D eigenvalue weighted by atomic mass is 16.5. The average Bonchev–Trinajstić information content (AvgIpc) is 2.63. The van der Waals surface area contributed by atoms with Crippen molar-refractivity contribution in [3.63, 3.8) is 0 Å². The zero-order chi connectivity index (χ0) is 18.4.